The van der Waals surface area contributed by atoms with Crippen LogP contribution in [-0.2, 0) is 6.54 Å². The molecule has 2 aromatic heterocycles. The van der Waals surface area contributed by atoms with E-state index in [-0.39, 0.29) is 17.6 Å². The van der Waals surface area contributed by atoms with Gasteiger partial charge in [0.2, 0.25) is 0 Å². The first kappa shape index (κ1) is 17.7. The minimum atomic E-state index is -0.562. The van der Waals surface area contributed by atoms with Crippen LogP contribution in [0.2, 0.25) is 0 Å². The minimum absolute atomic E-state index is 0.115. The lowest BCUT2D eigenvalue weighted by molar-refractivity contribution is 0.101. The highest BCUT2D eigenvalue weighted by Gasteiger charge is 2.15. The molecule has 26 heavy (non-hydrogen) atoms. The Balaban J connectivity index is 2.08. The summed E-state index contributed by atoms with van der Waals surface area (Å²) in [6.45, 7) is 2.50. The molecule has 0 aliphatic heterocycles. The highest BCUT2D eigenvalue weighted by Crippen LogP contribution is 2.11. The highest BCUT2D eigenvalue weighted by atomic mass is 16.7. The van der Waals surface area contributed by atoms with Crippen molar-refractivity contribution in [3.8, 4) is 5.75 Å². The van der Waals surface area contributed by atoms with Crippen LogP contribution in [0.5, 0.6) is 5.75 Å². The van der Waals surface area contributed by atoms with Crippen molar-refractivity contribution in [3.05, 3.63) is 63.2 Å². The Morgan fingerprint density at radius 3 is 2.62 bits per heavy atom. The van der Waals surface area contributed by atoms with Crippen molar-refractivity contribution in [2.75, 3.05) is 13.7 Å². The van der Waals surface area contributed by atoms with Crippen LogP contribution in [0.4, 0.5) is 0 Å². The van der Waals surface area contributed by atoms with Crippen LogP contribution < -0.4 is 20.8 Å². The van der Waals surface area contributed by atoms with E-state index in [2.05, 4.69) is 9.97 Å². The Kier molecular flexibility index (Phi) is 5.31. The molecule has 0 fully saturated rings. The molecule has 0 bridgehead atoms. The predicted molar refractivity (Wildman–Crippen MR) is 96.5 cm³/mol. The lowest BCUT2D eigenvalue weighted by Gasteiger charge is -2.13. The molecule has 2 heterocycles. The van der Waals surface area contributed by atoms with Crippen molar-refractivity contribution < 1.29 is 9.57 Å². The molecule has 136 valence electrons. The molecule has 3 rings (SSSR count). The third-order valence-electron chi connectivity index (χ3n) is 3.98. The van der Waals surface area contributed by atoms with Gasteiger partial charge in [-0.15, -0.1) is 4.73 Å². The third kappa shape index (κ3) is 3.44. The third-order valence-corrected chi connectivity index (χ3v) is 3.98. The van der Waals surface area contributed by atoms with Gasteiger partial charge in [0, 0.05) is 6.20 Å². The van der Waals surface area contributed by atoms with Crippen molar-refractivity contribution in [2.45, 2.75) is 26.3 Å². The number of unbranched alkanes of at least 4 members (excludes halogenated alkanes) is 1. The zero-order valence-corrected chi connectivity index (χ0v) is 14.7. The molecule has 0 saturated heterocycles. The molecule has 0 atom stereocenters. The van der Waals surface area contributed by atoms with Crippen molar-refractivity contribution >= 4 is 11.0 Å². The largest absolute Gasteiger partial charge is 0.497 e. The monoisotopic (exact) mass is 356 g/mol. The molecular formula is C18H20N4O4. The number of rotatable bonds is 7. The molecule has 8 heteroatoms. The lowest BCUT2D eigenvalue weighted by atomic mass is 10.2. The summed E-state index contributed by atoms with van der Waals surface area (Å²) in [5.74, 6) is 0.702. The van der Waals surface area contributed by atoms with Gasteiger partial charge >= 0.3 is 5.69 Å². The fourth-order valence-electron chi connectivity index (χ4n) is 2.54. The normalized spacial score (nSPS) is 10.8. The molecule has 1 aromatic carbocycles. The predicted octanol–water partition coefficient (Wildman–Crippen LogP) is 1.24. The molecule has 0 spiro atoms. The first-order valence-electron chi connectivity index (χ1n) is 8.37. The number of hydrogen-bond acceptors (Lipinski definition) is 6. The first-order valence-corrected chi connectivity index (χ1v) is 8.37. The van der Waals surface area contributed by atoms with Crippen molar-refractivity contribution in [2.24, 2.45) is 0 Å². The second kappa shape index (κ2) is 7.81. The van der Waals surface area contributed by atoms with E-state index in [1.165, 1.54) is 12.5 Å². The van der Waals surface area contributed by atoms with Gasteiger partial charge in [-0.05, 0) is 24.1 Å². The van der Waals surface area contributed by atoms with Crippen molar-refractivity contribution in [3.63, 3.8) is 0 Å². The maximum absolute atomic E-state index is 12.8. The number of methoxy groups -OCH3 is 1. The van der Waals surface area contributed by atoms with Gasteiger partial charge in [-0.2, -0.15) is 0 Å². The van der Waals surface area contributed by atoms with Crippen LogP contribution in [0.25, 0.3) is 11.0 Å². The molecule has 0 amide bonds. The van der Waals surface area contributed by atoms with Gasteiger partial charge in [-0.25, -0.2) is 14.8 Å². The van der Waals surface area contributed by atoms with Gasteiger partial charge in [-0.1, -0.05) is 25.5 Å². The topological polar surface area (TPSA) is 88.2 Å². The number of aromatic nitrogens is 4. The van der Waals surface area contributed by atoms with E-state index >= 15 is 0 Å². The van der Waals surface area contributed by atoms with Crippen molar-refractivity contribution in [1.29, 1.82) is 0 Å². The zero-order chi connectivity index (χ0) is 18.5. The average molecular weight is 356 g/mol. The number of ether oxygens (including phenoxy) is 1. The van der Waals surface area contributed by atoms with Crippen LogP contribution in [-0.4, -0.2) is 33.0 Å². The average Bonchev–Trinajstić information content (AvgIpc) is 2.68. The highest BCUT2D eigenvalue weighted by molar-refractivity contribution is 5.71. The Morgan fingerprint density at radius 2 is 1.92 bits per heavy atom. The maximum Gasteiger partial charge on any atom is 0.366 e. The van der Waals surface area contributed by atoms with E-state index < -0.39 is 11.2 Å². The van der Waals surface area contributed by atoms with Crippen LogP contribution >= 0.6 is 0 Å². The first-order chi connectivity index (χ1) is 12.7. The summed E-state index contributed by atoms with van der Waals surface area (Å²) in [6, 6.07) is 7.17. The zero-order valence-electron chi connectivity index (χ0n) is 14.7. The van der Waals surface area contributed by atoms with E-state index in [0.29, 0.717) is 12.4 Å². The van der Waals surface area contributed by atoms with Gasteiger partial charge < -0.3 is 9.57 Å². The summed E-state index contributed by atoms with van der Waals surface area (Å²) in [7, 11) is 1.58. The molecular weight excluding hydrogens is 336 g/mol. The fourth-order valence-corrected chi connectivity index (χ4v) is 2.54. The standard InChI is InChI=1S/C18H20N4O4/c1-3-4-9-26-22-16-15(10-19-12-20-16)17(23)21(18(22)24)11-13-5-7-14(25-2)8-6-13/h5-8,10,12H,3-4,9,11H2,1-2H3. The number of hydrogen-bond donors (Lipinski definition) is 0. The van der Waals surface area contributed by atoms with Crippen LogP contribution in [0.1, 0.15) is 25.3 Å². The number of fused-ring (bicyclic) bond motifs is 1. The van der Waals surface area contributed by atoms with Gasteiger partial charge in [0.05, 0.1) is 13.7 Å². The Labute approximate surface area is 149 Å². The molecule has 0 radical (unpaired) electrons. The molecule has 0 aliphatic carbocycles. The van der Waals surface area contributed by atoms with E-state index in [4.69, 9.17) is 9.57 Å². The molecule has 0 N–H and O–H groups in total. The Morgan fingerprint density at radius 1 is 1.15 bits per heavy atom. The number of nitrogens with zero attached hydrogens (tertiary/aromatic N) is 4. The summed E-state index contributed by atoms with van der Waals surface area (Å²) < 4.78 is 7.33. The Bertz CT molecular complexity index is 1010. The van der Waals surface area contributed by atoms with Gasteiger partial charge in [0.25, 0.3) is 5.56 Å². The quantitative estimate of drug-likeness (QED) is 0.592. The smallest absolute Gasteiger partial charge is 0.366 e. The van der Waals surface area contributed by atoms with Crippen LogP contribution in [0.3, 0.4) is 0 Å². The summed E-state index contributed by atoms with van der Waals surface area (Å²) >= 11 is 0. The summed E-state index contributed by atoms with van der Waals surface area (Å²) in [5, 5.41) is 0.233. The summed E-state index contributed by atoms with van der Waals surface area (Å²) in [4.78, 5) is 39.1. The fraction of sp³-hybridized carbons (Fsp3) is 0.333. The molecule has 0 unspecified atom stereocenters. The molecule has 0 aliphatic rings. The summed E-state index contributed by atoms with van der Waals surface area (Å²) in [5.41, 5.74) is -0.0386. The summed E-state index contributed by atoms with van der Waals surface area (Å²) in [6.07, 6.45) is 4.40. The van der Waals surface area contributed by atoms with E-state index in [1.807, 2.05) is 6.92 Å². The molecule has 8 nitrogen and oxygen atoms in total. The van der Waals surface area contributed by atoms with Crippen LogP contribution in [0, 0.1) is 0 Å². The maximum atomic E-state index is 12.8. The van der Waals surface area contributed by atoms with Crippen molar-refractivity contribution in [1.82, 2.24) is 19.3 Å². The SMILES string of the molecule is CCCCOn1c(=O)n(Cc2ccc(OC)cc2)c(=O)c2cncnc21. The van der Waals surface area contributed by atoms with Gasteiger partial charge in [0.1, 0.15) is 24.1 Å². The van der Waals surface area contributed by atoms with Crippen LogP contribution in [0.15, 0.2) is 46.4 Å². The van der Waals surface area contributed by atoms with Gasteiger partial charge in [-0.3, -0.25) is 9.36 Å². The minimum Gasteiger partial charge on any atom is -0.497 e. The van der Waals surface area contributed by atoms with Gasteiger partial charge in [0.15, 0.2) is 5.65 Å². The van der Waals surface area contributed by atoms with E-state index in [1.54, 1.807) is 31.4 Å². The lowest BCUT2D eigenvalue weighted by Crippen LogP contribution is -2.43. The second-order valence-corrected chi connectivity index (χ2v) is 5.76. The Hall–Kier alpha value is -3.16. The number of benzene rings is 1. The molecule has 0 saturated carbocycles. The molecule has 3 aromatic rings. The second-order valence-electron chi connectivity index (χ2n) is 5.76. The van der Waals surface area contributed by atoms with E-state index in [0.717, 1.165) is 27.7 Å². The van der Waals surface area contributed by atoms with E-state index in [9.17, 15) is 9.59 Å².